The molecule has 0 radical (unpaired) electrons. The van der Waals surface area contributed by atoms with E-state index in [-0.39, 0.29) is 0 Å². The Morgan fingerprint density at radius 3 is 2.71 bits per heavy atom. The number of nitrogens with zero attached hydrogens (tertiary/aromatic N) is 1. The standard InChI is InChI=1S/C14H26N2O/c1-4-14(12-5-7-15-8-6-12)16(9-1)11-13-3-2-10-17-13/h12-15H,1-11H2. The molecule has 3 fully saturated rings. The fraction of sp³-hybridized carbons (Fsp3) is 1.00. The average Bonchev–Trinajstić information content (AvgIpc) is 3.02. The van der Waals surface area contributed by atoms with Crippen LogP contribution in [-0.4, -0.2) is 49.8 Å². The molecule has 0 bridgehead atoms. The second-order valence-electron chi connectivity index (χ2n) is 5.93. The summed E-state index contributed by atoms with van der Waals surface area (Å²) < 4.78 is 5.80. The normalized spacial score (nSPS) is 36.7. The van der Waals surface area contributed by atoms with Crippen LogP contribution in [0.1, 0.15) is 38.5 Å². The van der Waals surface area contributed by atoms with Gasteiger partial charge < -0.3 is 10.1 Å². The van der Waals surface area contributed by atoms with Crippen LogP contribution in [0.25, 0.3) is 0 Å². The molecule has 0 saturated carbocycles. The van der Waals surface area contributed by atoms with Crippen LogP contribution in [0.2, 0.25) is 0 Å². The van der Waals surface area contributed by atoms with E-state index < -0.39 is 0 Å². The van der Waals surface area contributed by atoms with Crippen LogP contribution in [0, 0.1) is 5.92 Å². The molecule has 0 aromatic rings. The van der Waals surface area contributed by atoms with Crippen molar-refractivity contribution in [1.82, 2.24) is 10.2 Å². The lowest BCUT2D eigenvalue weighted by molar-refractivity contribution is 0.0552. The molecule has 98 valence electrons. The third-order valence-corrected chi connectivity index (χ3v) is 4.80. The van der Waals surface area contributed by atoms with Crippen molar-refractivity contribution < 1.29 is 4.74 Å². The maximum atomic E-state index is 5.80. The number of piperidine rings is 1. The number of hydrogen-bond donors (Lipinski definition) is 1. The monoisotopic (exact) mass is 238 g/mol. The summed E-state index contributed by atoms with van der Waals surface area (Å²) >= 11 is 0. The quantitative estimate of drug-likeness (QED) is 0.809. The van der Waals surface area contributed by atoms with Gasteiger partial charge in [-0.3, -0.25) is 4.90 Å². The second-order valence-corrected chi connectivity index (χ2v) is 5.93. The summed E-state index contributed by atoms with van der Waals surface area (Å²) in [6.45, 7) is 5.98. The Balaban J connectivity index is 1.54. The summed E-state index contributed by atoms with van der Waals surface area (Å²) in [5.74, 6) is 0.945. The van der Waals surface area contributed by atoms with Crippen molar-refractivity contribution in [3.8, 4) is 0 Å². The van der Waals surface area contributed by atoms with Crippen LogP contribution >= 0.6 is 0 Å². The summed E-state index contributed by atoms with van der Waals surface area (Å²) in [5.41, 5.74) is 0. The van der Waals surface area contributed by atoms with E-state index in [9.17, 15) is 0 Å². The minimum absolute atomic E-state index is 0.539. The van der Waals surface area contributed by atoms with Gasteiger partial charge in [-0.15, -0.1) is 0 Å². The molecular weight excluding hydrogens is 212 g/mol. The Morgan fingerprint density at radius 1 is 1.06 bits per heavy atom. The molecule has 3 rings (SSSR count). The molecule has 0 aromatic heterocycles. The molecule has 2 atom stereocenters. The van der Waals surface area contributed by atoms with Gasteiger partial charge in [0.15, 0.2) is 0 Å². The molecule has 0 aromatic carbocycles. The third kappa shape index (κ3) is 2.83. The van der Waals surface area contributed by atoms with Crippen LogP contribution in [0.5, 0.6) is 0 Å². The van der Waals surface area contributed by atoms with Gasteiger partial charge in [-0.1, -0.05) is 0 Å². The number of likely N-dealkylation sites (tertiary alicyclic amines) is 1. The van der Waals surface area contributed by atoms with Crippen molar-refractivity contribution in [3.05, 3.63) is 0 Å². The van der Waals surface area contributed by atoms with Gasteiger partial charge in [0.2, 0.25) is 0 Å². The first-order valence-electron chi connectivity index (χ1n) is 7.50. The average molecular weight is 238 g/mol. The topological polar surface area (TPSA) is 24.5 Å². The first-order valence-corrected chi connectivity index (χ1v) is 7.50. The highest BCUT2D eigenvalue weighted by Crippen LogP contribution is 2.30. The molecular formula is C14H26N2O. The highest BCUT2D eigenvalue weighted by molar-refractivity contribution is 4.88. The smallest absolute Gasteiger partial charge is 0.0702 e. The maximum Gasteiger partial charge on any atom is 0.0702 e. The fourth-order valence-corrected chi connectivity index (χ4v) is 3.89. The third-order valence-electron chi connectivity index (χ3n) is 4.80. The Labute approximate surface area is 105 Å². The van der Waals surface area contributed by atoms with Gasteiger partial charge in [-0.25, -0.2) is 0 Å². The summed E-state index contributed by atoms with van der Waals surface area (Å²) in [6, 6.07) is 0.862. The van der Waals surface area contributed by atoms with Crippen molar-refractivity contribution >= 4 is 0 Å². The second kappa shape index (κ2) is 5.68. The van der Waals surface area contributed by atoms with Gasteiger partial charge in [0.25, 0.3) is 0 Å². The SMILES string of the molecule is C1COC(CN2CCCC2C2CCNCC2)C1. The van der Waals surface area contributed by atoms with Crippen molar-refractivity contribution in [2.45, 2.75) is 50.7 Å². The van der Waals surface area contributed by atoms with E-state index in [4.69, 9.17) is 4.74 Å². The minimum atomic E-state index is 0.539. The molecule has 1 N–H and O–H groups in total. The lowest BCUT2D eigenvalue weighted by Crippen LogP contribution is -2.43. The van der Waals surface area contributed by atoms with Crippen molar-refractivity contribution in [2.75, 3.05) is 32.8 Å². The van der Waals surface area contributed by atoms with E-state index in [2.05, 4.69) is 10.2 Å². The van der Waals surface area contributed by atoms with Gasteiger partial charge in [0.1, 0.15) is 0 Å². The van der Waals surface area contributed by atoms with Crippen molar-refractivity contribution in [1.29, 1.82) is 0 Å². The molecule has 0 spiro atoms. The Morgan fingerprint density at radius 2 is 1.94 bits per heavy atom. The molecule has 0 aliphatic carbocycles. The molecule has 3 saturated heterocycles. The van der Waals surface area contributed by atoms with Gasteiger partial charge in [-0.2, -0.15) is 0 Å². The largest absolute Gasteiger partial charge is 0.377 e. The van der Waals surface area contributed by atoms with E-state index in [0.29, 0.717) is 6.10 Å². The number of ether oxygens (including phenoxy) is 1. The lowest BCUT2D eigenvalue weighted by atomic mass is 9.88. The van der Waals surface area contributed by atoms with E-state index in [1.54, 1.807) is 0 Å². The van der Waals surface area contributed by atoms with E-state index in [0.717, 1.165) is 18.6 Å². The highest BCUT2D eigenvalue weighted by Gasteiger charge is 2.33. The predicted octanol–water partition coefficient (Wildman–Crippen LogP) is 1.63. The number of nitrogens with one attached hydrogen (secondary N) is 1. The Bertz CT molecular complexity index is 234. The van der Waals surface area contributed by atoms with Gasteiger partial charge in [-0.05, 0) is 64.1 Å². The molecule has 3 aliphatic heterocycles. The summed E-state index contributed by atoms with van der Waals surface area (Å²) in [4.78, 5) is 2.74. The Hall–Kier alpha value is -0.120. The first-order chi connectivity index (χ1) is 8.43. The zero-order valence-electron chi connectivity index (χ0n) is 10.9. The molecule has 0 amide bonds. The molecule has 3 aliphatic rings. The number of rotatable bonds is 3. The molecule has 3 heteroatoms. The summed E-state index contributed by atoms with van der Waals surface area (Å²) in [7, 11) is 0. The molecule has 3 nitrogen and oxygen atoms in total. The summed E-state index contributed by atoms with van der Waals surface area (Å²) in [6.07, 6.45) is 8.70. The first kappa shape index (κ1) is 11.9. The zero-order valence-corrected chi connectivity index (χ0v) is 10.9. The van der Waals surface area contributed by atoms with Crippen LogP contribution < -0.4 is 5.32 Å². The number of hydrogen-bond acceptors (Lipinski definition) is 3. The zero-order chi connectivity index (χ0) is 11.5. The minimum Gasteiger partial charge on any atom is -0.377 e. The maximum absolute atomic E-state index is 5.80. The van der Waals surface area contributed by atoms with E-state index in [1.807, 2.05) is 0 Å². The van der Waals surface area contributed by atoms with E-state index in [1.165, 1.54) is 64.7 Å². The fourth-order valence-electron chi connectivity index (χ4n) is 3.89. The predicted molar refractivity (Wildman–Crippen MR) is 69.2 cm³/mol. The molecule has 3 heterocycles. The van der Waals surface area contributed by atoms with Gasteiger partial charge >= 0.3 is 0 Å². The summed E-state index contributed by atoms with van der Waals surface area (Å²) in [5, 5.41) is 3.48. The lowest BCUT2D eigenvalue weighted by Gasteiger charge is -2.35. The van der Waals surface area contributed by atoms with E-state index >= 15 is 0 Å². The highest BCUT2D eigenvalue weighted by atomic mass is 16.5. The van der Waals surface area contributed by atoms with Crippen LogP contribution in [0.3, 0.4) is 0 Å². The van der Waals surface area contributed by atoms with Crippen LogP contribution in [0.4, 0.5) is 0 Å². The Kier molecular flexibility index (Phi) is 3.99. The van der Waals surface area contributed by atoms with Crippen LogP contribution in [0.15, 0.2) is 0 Å². The molecule has 17 heavy (non-hydrogen) atoms. The van der Waals surface area contributed by atoms with Gasteiger partial charge in [0.05, 0.1) is 6.10 Å². The van der Waals surface area contributed by atoms with Crippen molar-refractivity contribution in [3.63, 3.8) is 0 Å². The van der Waals surface area contributed by atoms with Crippen molar-refractivity contribution in [2.24, 2.45) is 5.92 Å². The molecule has 2 unspecified atom stereocenters. The van der Waals surface area contributed by atoms with Gasteiger partial charge in [0, 0.05) is 19.2 Å². The van der Waals surface area contributed by atoms with Crippen LogP contribution in [-0.2, 0) is 4.74 Å².